The number of thiazole rings is 1. The highest BCUT2D eigenvalue weighted by molar-refractivity contribution is 9.10. The van der Waals surface area contributed by atoms with Gasteiger partial charge in [0.2, 0.25) is 0 Å². The van der Waals surface area contributed by atoms with Gasteiger partial charge in [-0.25, -0.2) is 9.79 Å². The molecule has 0 radical (unpaired) electrons. The Bertz CT molecular complexity index is 1420. The van der Waals surface area contributed by atoms with E-state index < -0.39 is 12.0 Å². The molecule has 9 heteroatoms. The van der Waals surface area contributed by atoms with Gasteiger partial charge in [0.1, 0.15) is 11.5 Å². The van der Waals surface area contributed by atoms with Crippen molar-refractivity contribution in [3.05, 3.63) is 89.0 Å². The number of esters is 1. The summed E-state index contributed by atoms with van der Waals surface area (Å²) in [5, 5.41) is 20.0. The van der Waals surface area contributed by atoms with Crippen LogP contribution in [-0.2, 0) is 9.53 Å². The molecule has 1 aliphatic rings. The molecule has 2 heterocycles. The number of phenols is 2. The van der Waals surface area contributed by atoms with E-state index in [1.807, 2.05) is 37.3 Å². The van der Waals surface area contributed by atoms with Crippen LogP contribution in [0.5, 0.6) is 11.5 Å². The van der Waals surface area contributed by atoms with Crippen LogP contribution in [0.1, 0.15) is 30.5 Å². The number of carbonyl (C=O) groups is 1. The van der Waals surface area contributed by atoms with Crippen molar-refractivity contribution < 1.29 is 19.7 Å². The third-order valence-electron chi connectivity index (χ3n) is 5.15. The number of carbonyl (C=O) groups excluding carboxylic acids is 1. The lowest BCUT2D eigenvalue weighted by atomic mass is 9.95. The molecule has 0 saturated heterocycles. The van der Waals surface area contributed by atoms with Gasteiger partial charge in [0, 0.05) is 11.6 Å². The van der Waals surface area contributed by atoms with Gasteiger partial charge < -0.3 is 14.9 Å². The Balaban J connectivity index is 2.01. The zero-order chi connectivity index (χ0) is 23.0. The number of allylic oxidation sites excluding steroid dienone is 1. The predicted molar refractivity (Wildman–Crippen MR) is 124 cm³/mol. The van der Waals surface area contributed by atoms with Gasteiger partial charge >= 0.3 is 5.97 Å². The average molecular weight is 515 g/mol. The number of phenolic OH excluding ortho intramolecular Hbond substituents is 2. The number of benzene rings is 2. The maximum absolute atomic E-state index is 13.5. The second-order valence-corrected chi connectivity index (χ2v) is 8.92. The van der Waals surface area contributed by atoms with E-state index >= 15 is 0 Å². The number of hydrogen-bond donors (Lipinski definition) is 2. The molecule has 7 nitrogen and oxygen atoms in total. The lowest BCUT2D eigenvalue weighted by molar-refractivity contribution is -0.136. The Morgan fingerprint density at radius 2 is 1.97 bits per heavy atom. The van der Waals surface area contributed by atoms with Crippen molar-refractivity contribution in [2.24, 2.45) is 4.99 Å². The van der Waals surface area contributed by atoms with Gasteiger partial charge in [0.05, 0.1) is 33.4 Å². The molecule has 0 bridgehead atoms. The minimum atomic E-state index is -0.683. The van der Waals surface area contributed by atoms with E-state index in [-0.39, 0.29) is 17.1 Å². The molecule has 1 atom stereocenters. The number of hydrogen-bond acceptors (Lipinski definition) is 7. The van der Waals surface area contributed by atoms with Crippen LogP contribution in [-0.4, -0.2) is 27.9 Å². The minimum Gasteiger partial charge on any atom is -0.507 e. The second-order valence-electron chi connectivity index (χ2n) is 7.06. The first kappa shape index (κ1) is 22.0. The maximum Gasteiger partial charge on any atom is 0.338 e. The predicted octanol–water partition coefficient (Wildman–Crippen LogP) is 2.97. The SMILES string of the molecule is CCC1=C(C(=O)OC)[C@H](c2ccccc2)n2c(s/c(=C\c3cc(Br)c(O)cc3O)c2=O)=N1. The van der Waals surface area contributed by atoms with Crippen molar-refractivity contribution in [1.82, 2.24) is 4.57 Å². The van der Waals surface area contributed by atoms with E-state index in [9.17, 15) is 19.8 Å². The first-order valence-corrected chi connectivity index (χ1v) is 11.4. The highest BCUT2D eigenvalue weighted by Crippen LogP contribution is 2.33. The first-order chi connectivity index (χ1) is 15.3. The molecule has 1 aromatic heterocycles. The van der Waals surface area contributed by atoms with E-state index in [1.165, 1.54) is 35.1 Å². The van der Waals surface area contributed by atoms with Gasteiger partial charge in [-0.05, 0) is 40.1 Å². The van der Waals surface area contributed by atoms with Crippen LogP contribution in [0.15, 0.2) is 68.0 Å². The molecule has 0 saturated carbocycles. The summed E-state index contributed by atoms with van der Waals surface area (Å²) in [6.45, 7) is 1.89. The molecule has 164 valence electrons. The summed E-state index contributed by atoms with van der Waals surface area (Å²) in [5.41, 5.74) is 1.67. The second kappa shape index (κ2) is 8.76. The highest BCUT2D eigenvalue weighted by Gasteiger charge is 2.33. The molecular weight excluding hydrogens is 496 g/mol. The number of halogens is 1. The van der Waals surface area contributed by atoms with Gasteiger partial charge in [-0.3, -0.25) is 9.36 Å². The van der Waals surface area contributed by atoms with E-state index in [0.717, 1.165) is 5.56 Å². The third-order valence-corrected chi connectivity index (χ3v) is 6.77. The molecule has 0 amide bonds. The topological polar surface area (TPSA) is 101 Å². The van der Waals surface area contributed by atoms with E-state index in [0.29, 0.717) is 37.1 Å². The zero-order valence-corrected chi connectivity index (χ0v) is 19.6. The van der Waals surface area contributed by atoms with Gasteiger partial charge in [0.15, 0.2) is 4.80 Å². The molecule has 4 rings (SSSR count). The van der Waals surface area contributed by atoms with Crippen molar-refractivity contribution in [2.75, 3.05) is 7.11 Å². The van der Waals surface area contributed by atoms with Crippen LogP contribution < -0.4 is 14.9 Å². The van der Waals surface area contributed by atoms with E-state index in [2.05, 4.69) is 20.9 Å². The fourth-order valence-electron chi connectivity index (χ4n) is 3.64. The molecule has 0 aliphatic carbocycles. The summed E-state index contributed by atoms with van der Waals surface area (Å²) in [7, 11) is 1.31. The molecule has 2 N–H and O–H groups in total. The first-order valence-electron chi connectivity index (χ1n) is 9.75. The summed E-state index contributed by atoms with van der Waals surface area (Å²) in [6.07, 6.45) is 2.03. The van der Waals surface area contributed by atoms with Crippen molar-refractivity contribution in [2.45, 2.75) is 19.4 Å². The van der Waals surface area contributed by atoms with E-state index in [1.54, 1.807) is 6.08 Å². The number of ether oxygens (including phenoxy) is 1. The Morgan fingerprint density at radius 3 is 2.62 bits per heavy atom. The van der Waals surface area contributed by atoms with Crippen molar-refractivity contribution in [3.8, 4) is 11.5 Å². The Morgan fingerprint density at radius 1 is 1.25 bits per heavy atom. The molecule has 1 aliphatic heterocycles. The van der Waals surface area contributed by atoms with Gasteiger partial charge in [0.25, 0.3) is 5.56 Å². The number of aromatic hydroxyl groups is 2. The Labute approximate surface area is 195 Å². The number of fused-ring (bicyclic) bond motifs is 1. The van der Waals surface area contributed by atoms with Crippen molar-refractivity contribution >= 4 is 39.3 Å². The fraction of sp³-hybridized carbons (Fsp3) is 0.174. The minimum absolute atomic E-state index is 0.111. The van der Waals surface area contributed by atoms with Crippen molar-refractivity contribution in [1.29, 1.82) is 0 Å². The number of methoxy groups -OCH3 is 1. The standard InChI is InChI=1S/C23H19BrN2O5S/c1-3-15-19(22(30)31-2)20(12-7-5-4-6-8-12)26-21(29)18(32-23(26)25-15)10-13-9-14(24)17(28)11-16(13)27/h4-11,20,27-28H,3H2,1-2H3/b18-10-/t20-/m0/s1. The summed E-state index contributed by atoms with van der Waals surface area (Å²) in [4.78, 5) is 31.3. The molecule has 0 spiro atoms. The quantitative estimate of drug-likeness (QED) is 0.521. The Kier molecular flexibility index (Phi) is 6.03. The van der Waals surface area contributed by atoms with Crippen molar-refractivity contribution in [3.63, 3.8) is 0 Å². The largest absolute Gasteiger partial charge is 0.507 e. The summed E-state index contributed by atoms with van der Waals surface area (Å²) in [5.74, 6) is -0.810. The average Bonchev–Trinajstić information content (AvgIpc) is 3.11. The summed E-state index contributed by atoms with van der Waals surface area (Å²) in [6, 6.07) is 11.3. The molecule has 0 unspecified atom stereocenters. The molecule has 2 aromatic carbocycles. The lowest BCUT2D eigenvalue weighted by Crippen LogP contribution is -2.40. The number of nitrogens with zero attached hydrogens (tertiary/aromatic N) is 2. The van der Waals surface area contributed by atoms with Crippen LogP contribution in [0.3, 0.4) is 0 Å². The van der Waals surface area contributed by atoms with Gasteiger partial charge in [-0.1, -0.05) is 48.6 Å². The molecule has 32 heavy (non-hydrogen) atoms. The molecule has 3 aromatic rings. The van der Waals surface area contributed by atoms with Crippen LogP contribution in [0.25, 0.3) is 6.08 Å². The van der Waals surface area contributed by atoms with Gasteiger partial charge in [-0.15, -0.1) is 0 Å². The van der Waals surface area contributed by atoms with E-state index in [4.69, 9.17) is 4.74 Å². The maximum atomic E-state index is 13.5. The van der Waals surface area contributed by atoms with Crippen LogP contribution in [0, 0.1) is 0 Å². The van der Waals surface area contributed by atoms with Crippen LogP contribution in [0.2, 0.25) is 0 Å². The highest BCUT2D eigenvalue weighted by atomic mass is 79.9. The lowest BCUT2D eigenvalue weighted by Gasteiger charge is -2.25. The fourth-order valence-corrected chi connectivity index (χ4v) is 5.01. The normalized spacial score (nSPS) is 16.0. The van der Waals surface area contributed by atoms with Crippen LogP contribution in [0.4, 0.5) is 0 Å². The Hall–Kier alpha value is -3.17. The summed E-state index contributed by atoms with van der Waals surface area (Å²) >= 11 is 4.39. The smallest absolute Gasteiger partial charge is 0.338 e. The molecular formula is C23H19BrN2O5S. The zero-order valence-electron chi connectivity index (χ0n) is 17.2. The summed E-state index contributed by atoms with van der Waals surface area (Å²) < 4.78 is 7.24. The molecule has 0 fully saturated rings. The monoisotopic (exact) mass is 514 g/mol. The van der Waals surface area contributed by atoms with Gasteiger partial charge in [-0.2, -0.15) is 0 Å². The number of aromatic nitrogens is 1. The number of rotatable bonds is 4. The third kappa shape index (κ3) is 3.78. The van der Waals surface area contributed by atoms with Crippen LogP contribution >= 0.6 is 27.3 Å².